The molecule has 3 rings (SSSR count). The van der Waals surface area contributed by atoms with Crippen LogP contribution in [-0.2, 0) is 11.3 Å². The van der Waals surface area contributed by atoms with Crippen LogP contribution < -0.4 is 4.74 Å². The summed E-state index contributed by atoms with van der Waals surface area (Å²) in [7, 11) is 1.37. The summed E-state index contributed by atoms with van der Waals surface area (Å²) in [5.41, 5.74) is 2.90. The second-order valence-electron chi connectivity index (χ2n) is 5.34. The molecule has 3 heteroatoms. The molecule has 0 radical (unpaired) electrons. The number of methoxy groups -OCH3 is 1. The van der Waals surface area contributed by atoms with Crippen LogP contribution >= 0.6 is 0 Å². The maximum absolute atomic E-state index is 11.4. The molecule has 0 spiro atoms. The third kappa shape index (κ3) is 3.69. The molecule has 23 heavy (non-hydrogen) atoms. The minimum atomic E-state index is -0.345. The van der Waals surface area contributed by atoms with Gasteiger partial charge in [-0.15, -0.1) is 0 Å². The second-order valence-corrected chi connectivity index (χ2v) is 5.34. The van der Waals surface area contributed by atoms with Gasteiger partial charge in [-0.2, -0.15) is 0 Å². The first kappa shape index (κ1) is 15.1. The second kappa shape index (κ2) is 6.97. The highest BCUT2D eigenvalue weighted by Gasteiger charge is 2.07. The van der Waals surface area contributed by atoms with Crippen LogP contribution in [0.3, 0.4) is 0 Å². The van der Waals surface area contributed by atoms with E-state index in [2.05, 4.69) is 53.3 Å². The van der Waals surface area contributed by atoms with Gasteiger partial charge in [0.1, 0.15) is 12.4 Å². The zero-order valence-corrected chi connectivity index (χ0v) is 12.9. The molecule has 2 aromatic carbocycles. The summed E-state index contributed by atoms with van der Waals surface area (Å²) in [6.45, 7) is 0.494. The molecule has 1 aliphatic rings. The van der Waals surface area contributed by atoms with E-state index in [1.54, 1.807) is 24.3 Å². The van der Waals surface area contributed by atoms with E-state index in [1.165, 1.54) is 12.7 Å². The summed E-state index contributed by atoms with van der Waals surface area (Å²) in [5.74, 6) is 0.765. The molecule has 0 bridgehead atoms. The molecule has 3 nitrogen and oxygen atoms in total. The number of benzene rings is 2. The number of carbonyl (C=O) groups excluding carboxylic acids is 1. The fourth-order valence-electron chi connectivity index (χ4n) is 2.46. The van der Waals surface area contributed by atoms with Crippen LogP contribution in [0.2, 0.25) is 0 Å². The van der Waals surface area contributed by atoms with Crippen molar-refractivity contribution in [3.63, 3.8) is 0 Å². The predicted octanol–water partition coefficient (Wildman–Crippen LogP) is 4.26. The van der Waals surface area contributed by atoms with Crippen molar-refractivity contribution < 1.29 is 14.3 Å². The van der Waals surface area contributed by atoms with E-state index in [-0.39, 0.29) is 5.97 Å². The maximum Gasteiger partial charge on any atom is 0.337 e. The Hall–Kier alpha value is -2.81. The Morgan fingerprint density at radius 2 is 1.61 bits per heavy atom. The highest BCUT2D eigenvalue weighted by Crippen LogP contribution is 2.23. The summed E-state index contributed by atoms with van der Waals surface area (Å²) in [6, 6.07) is 15.4. The van der Waals surface area contributed by atoms with Crippen molar-refractivity contribution in [3.05, 3.63) is 89.5 Å². The topological polar surface area (TPSA) is 35.5 Å². The molecule has 0 aromatic heterocycles. The van der Waals surface area contributed by atoms with E-state index >= 15 is 0 Å². The average molecular weight is 306 g/mol. The minimum Gasteiger partial charge on any atom is -0.489 e. The van der Waals surface area contributed by atoms with E-state index in [0.29, 0.717) is 18.1 Å². The van der Waals surface area contributed by atoms with Gasteiger partial charge in [0.05, 0.1) is 12.7 Å². The lowest BCUT2D eigenvalue weighted by atomic mass is 10.00. The van der Waals surface area contributed by atoms with Crippen LogP contribution in [-0.4, -0.2) is 13.1 Å². The normalized spacial score (nSPS) is 13.3. The van der Waals surface area contributed by atoms with Gasteiger partial charge in [-0.05, 0) is 35.4 Å². The Bertz CT molecular complexity index is 712. The molecule has 0 fully saturated rings. The summed E-state index contributed by atoms with van der Waals surface area (Å²) in [4.78, 5) is 11.4. The predicted molar refractivity (Wildman–Crippen MR) is 89.6 cm³/mol. The molecule has 0 aliphatic heterocycles. The van der Waals surface area contributed by atoms with Crippen molar-refractivity contribution in [2.75, 3.05) is 7.11 Å². The largest absolute Gasteiger partial charge is 0.489 e. The Labute approximate surface area is 135 Å². The molecular weight excluding hydrogens is 288 g/mol. The smallest absolute Gasteiger partial charge is 0.337 e. The molecular formula is C20H18O3. The zero-order valence-electron chi connectivity index (χ0n) is 12.9. The summed E-state index contributed by atoms with van der Waals surface area (Å²) in [6.07, 6.45) is 8.49. The molecule has 0 N–H and O–H groups in total. The molecule has 0 saturated carbocycles. The van der Waals surface area contributed by atoms with Crippen LogP contribution in [0.15, 0.2) is 72.8 Å². The number of hydrogen-bond donors (Lipinski definition) is 0. The number of esters is 1. The number of ether oxygens (including phenoxy) is 2. The molecule has 1 aliphatic carbocycles. The van der Waals surface area contributed by atoms with Crippen molar-refractivity contribution in [1.82, 2.24) is 0 Å². The number of rotatable bonds is 5. The number of carbonyl (C=O) groups is 1. The Morgan fingerprint density at radius 3 is 2.22 bits per heavy atom. The highest BCUT2D eigenvalue weighted by atomic mass is 16.5. The Balaban J connectivity index is 1.58. The van der Waals surface area contributed by atoms with Gasteiger partial charge in [0.15, 0.2) is 0 Å². The molecule has 0 atom stereocenters. The first-order chi connectivity index (χ1) is 11.3. The lowest BCUT2D eigenvalue weighted by Crippen LogP contribution is -2.01. The van der Waals surface area contributed by atoms with Gasteiger partial charge >= 0.3 is 5.97 Å². The average Bonchev–Trinajstić information content (AvgIpc) is 3.15. The third-order valence-corrected chi connectivity index (χ3v) is 3.79. The van der Waals surface area contributed by atoms with E-state index < -0.39 is 0 Å². The first-order valence-electron chi connectivity index (χ1n) is 7.51. The molecule has 116 valence electrons. The zero-order chi connectivity index (χ0) is 16.1. The van der Waals surface area contributed by atoms with Gasteiger partial charge in [-0.25, -0.2) is 4.79 Å². The first-order valence-corrected chi connectivity index (χ1v) is 7.51. The number of allylic oxidation sites excluding steroid dienone is 4. The fraction of sp³-hybridized carbons (Fsp3) is 0.150. The monoisotopic (exact) mass is 306 g/mol. The van der Waals surface area contributed by atoms with Gasteiger partial charge in [-0.1, -0.05) is 48.6 Å². The highest BCUT2D eigenvalue weighted by molar-refractivity contribution is 5.89. The molecule has 2 aromatic rings. The van der Waals surface area contributed by atoms with Crippen molar-refractivity contribution >= 4 is 5.97 Å². The lowest BCUT2D eigenvalue weighted by Gasteiger charge is -2.09. The van der Waals surface area contributed by atoms with Crippen LogP contribution in [0.1, 0.15) is 27.4 Å². The van der Waals surface area contributed by atoms with Crippen LogP contribution in [0, 0.1) is 0 Å². The van der Waals surface area contributed by atoms with E-state index in [4.69, 9.17) is 4.74 Å². The molecule has 0 saturated heterocycles. The SMILES string of the molecule is COC(=O)c1ccc(OCc2ccc(C3C=CC=C3)cc2)cc1. The lowest BCUT2D eigenvalue weighted by molar-refractivity contribution is 0.0600. The van der Waals surface area contributed by atoms with Crippen molar-refractivity contribution in [2.24, 2.45) is 0 Å². The van der Waals surface area contributed by atoms with Crippen molar-refractivity contribution in [1.29, 1.82) is 0 Å². The van der Waals surface area contributed by atoms with Crippen LogP contribution in [0.25, 0.3) is 0 Å². The Kier molecular flexibility index (Phi) is 4.57. The van der Waals surface area contributed by atoms with Gasteiger partial charge < -0.3 is 9.47 Å². The van der Waals surface area contributed by atoms with E-state index in [1.807, 2.05) is 0 Å². The van der Waals surface area contributed by atoms with E-state index in [0.717, 1.165) is 11.3 Å². The van der Waals surface area contributed by atoms with E-state index in [9.17, 15) is 4.79 Å². The van der Waals surface area contributed by atoms with Crippen LogP contribution in [0.4, 0.5) is 0 Å². The molecule has 0 heterocycles. The van der Waals surface area contributed by atoms with Gasteiger partial charge in [0.2, 0.25) is 0 Å². The van der Waals surface area contributed by atoms with Crippen molar-refractivity contribution in [2.45, 2.75) is 12.5 Å². The fourth-order valence-corrected chi connectivity index (χ4v) is 2.46. The summed E-state index contributed by atoms with van der Waals surface area (Å²) in [5, 5.41) is 0. The third-order valence-electron chi connectivity index (χ3n) is 3.79. The summed E-state index contributed by atoms with van der Waals surface area (Å²) < 4.78 is 10.4. The van der Waals surface area contributed by atoms with Crippen molar-refractivity contribution in [3.8, 4) is 5.75 Å². The quantitative estimate of drug-likeness (QED) is 0.774. The van der Waals surface area contributed by atoms with Gasteiger partial charge in [-0.3, -0.25) is 0 Å². The van der Waals surface area contributed by atoms with Crippen LogP contribution in [0.5, 0.6) is 5.75 Å². The molecule has 0 unspecified atom stereocenters. The number of hydrogen-bond acceptors (Lipinski definition) is 3. The molecule has 0 amide bonds. The van der Waals surface area contributed by atoms with Gasteiger partial charge in [0, 0.05) is 5.92 Å². The Morgan fingerprint density at radius 1 is 0.957 bits per heavy atom. The minimum absolute atomic E-state index is 0.345. The summed E-state index contributed by atoms with van der Waals surface area (Å²) >= 11 is 0. The maximum atomic E-state index is 11.4. The standard InChI is InChI=1S/C20H18O3/c1-22-20(21)18-10-12-19(13-11-18)23-14-15-6-8-17(9-7-15)16-4-2-3-5-16/h2-13,16H,14H2,1H3. The van der Waals surface area contributed by atoms with Gasteiger partial charge in [0.25, 0.3) is 0 Å².